The van der Waals surface area contributed by atoms with Gasteiger partial charge in [-0.15, -0.1) is 0 Å². The van der Waals surface area contributed by atoms with Gasteiger partial charge in [-0.3, -0.25) is 5.32 Å². The Balaban J connectivity index is 2.45. The molecule has 0 aromatic heterocycles. The van der Waals surface area contributed by atoms with E-state index < -0.39 is 5.54 Å². The highest BCUT2D eigenvalue weighted by atomic mass is 16.5. The number of nitriles is 1. The lowest BCUT2D eigenvalue weighted by atomic mass is 9.85. The largest absolute Gasteiger partial charge is 0.375 e. The molecule has 1 aliphatic heterocycles. The summed E-state index contributed by atoms with van der Waals surface area (Å²) in [4.78, 5) is 2.69. The molecule has 0 saturated carbocycles. The van der Waals surface area contributed by atoms with Crippen LogP contribution in [0.25, 0.3) is 10.4 Å². The van der Waals surface area contributed by atoms with Crippen molar-refractivity contribution in [2.75, 3.05) is 13.1 Å². The summed E-state index contributed by atoms with van der Waals surface area (Å²) in [5.41, 5.74) is 7.66. The molecule has 1 saturated heterocycles. The van der Waals surface area contributed by atoms with Gasteiger partial charge in [0.1, 0.15) is 5.54 Å². The first-order chi connectivity index (χ1) is 8.12. The maximum atomic E-state index is 9.33. The maximum absolute atomic E-state index is 9.33. The molecule has 0 amide bonds. The van der Waals surface area contributed by atoms with Crippen LogP contribution in [0.2, 0.25) is 0 Å². The lowest BCUT2D eigenvalue weighted by molar-refractivity contribution is -0.0562. The van der Waals surface area contributed by atoms with E-state index in [4.69, 9.17) is 10.3 Å². The van der Waals surface area contributed by atoms with E-state index >= 15 is 0 Å². The maximum Gasteiger partial charge on any atom is 0.111 e. The van der Waals surface area contributed by atoms with Gasteiger partial charge in [-0.25, -0.2) is 0 Å². The van der Waals surface area contributed by atoms with E-state index in [1.54, 1.807) is 0 Å². The molecule has 1 rings (SSSR count). The molecule has 0 aliphatic carbocycles. The van der Waals surface area contributed by atoms with E-state index in [9.17, 15) is 5.26 Å². The number of ether oxygens (including phenoxy) is 1. The van der Waals surface area contributed by atoms with Gasteiger partial charge in [0.15, 0.2) is 0 Å². The van der Waals surface area contributed by atoms with Gasteiger partial charge >= 0.3 is 0 Å². The third-order valence-corrected chi connectivity index (χ3v) is 2.91. The molecule has 1 fully saturated rings. The van der Waals surface area contributed by atoms with Gasteiger partial charge < -0.3 is 4.74 Å². The van der Waals surface area contributed by atoms with Crippen LogP contribution in [0.1, 0.15) is 33.1 Å². The van der Waals surface area contributed by atoms with Crippen LogP contribution in [0.4, 0.5) is 0 Å². The summed E-state index contributed by atoms with van der Waals surface area (Å²) in [5, 5.41) is 16.1. The Kier molecular flexibility index (Phi) is 5.23. The number of rotatable bonds is 5. The zero-order valence-corrected chi connectivity index (χ0v) is 10.4. The third-order valence-electron chi connectivity index (χ3n) is 2.91. The Bertz CT molecular complexity index is 321. The molecule has 0 aromatic carbocycles. The molecule has 94 valence electrons. The molecule has 6 heteroatoms. The quantitative estimate of drug-likeness (QED) is 0.343. The number of nitrogens with zero attached hydrogens (tertiary/aromatic N) is 4. The molecule has 0 radical (unpaired) electrons. The Hall–Kier alpha value is -1.28. The monoisotopic (exact) mass is 237 g/mol. The van der Waals surface area contributed by atoms with Gasteiger partial charge in [0, 0.05) is 24.3 Å². The second-order valence-electron chi connectivity index (χ2n) is 4.59. The highest BCUT2D eigenvalue weighted by molar-refractivity contribution is 5.10. The van der Waals surface area contributed by atoms with Gasteiger partial charge in [-0.05, 0) is 32.3 Å². The third kappa shape index (κ3) is 4.23. The molecule has 1 N–H and O–H groups in total. The van der Waals surface area contributed by atoms with Crippen molar-refractivity contribution in [2.45, 2.75) is 50.9 Å². The van der Waals surface area contributed by atoms with Crippen molar-refractivity contribution in [3.8, 4) is 6.07 Å². The topological polar surface area (TPSA) is 93.8 Å². The summed E-state index contributed by atoms with van der Waals surface area (Å²) in [6, 6.07) is 2.37. The van der Waals surface area contributed by atoms with Crippen molar-refractivity contribution >= 4 is 0 Å². The van der Waals surface area contributed by atoms with E-state index in [0.29, 0.717) is 25.9 Å². The van der Waals surface area contributed by atoms with E-state index in [2.05, 4.69) is 21.4 Å². The van der Waals surface area contributed by atoms with Crippen molar-refractivity contribution in [2.24, 2.45) is 5.11 Å². The first-order valence-corrected chi connectivity index (χ1v) is 5.94. The molecule has 0 aromatic rings. The normalized spacial score (nSPS) is 32.5. The second-order valence-corrected chi connectivity index (χ2v) is 4.59. The van der Waals surface area contributed by atoms with Crippen LogP contribution in [-0.4, -0.2) is 30.8 Å². The smallest absolute Gasteiger partial charge is 0.111 e. The van der Waals surface area contributed by atoms with Gasteiger partial charge in [0.05, 0.1) is 18.3 Å². The summed E-state index contributed by atoms with van der Waals surface area (Å²) in [5.74, 6) is 0. The van der Waals surface area contributed by atoms with E-state index in [1.807, 2.05) is 13.8 Å². The summed E-state index contributed by atoms with van der Waals surface area (Å²) >= 11 is 0. The number of azide groups is 1. The molecule has 2 unspecified atom stereocenters. The highest BCUT2D eigenvalue weighted by Gasteiger charge is 2.38. The number of hydrogen-bond acceptors (Lipinski definition) is 4. The van der Waals surface area contributed by atoms with E-state index in [1.165, 1.54) is 0 Å². The Morgan fingerprint density at radius 2 is 2.18 bits per heavy atom. The fourth-order valence-corrected chi connectivity index (χ4v) is 2.35. The van der Waals surface area contributed by atoms with Gasteiger partial charge in [0.25, 0.3) is 0 Å². The van der Waals surface area contributed by atoms with Crippen molar-refractivity contribution in [1.82, 2.24) is 5.32 Å². The van der Waals surface area contributed by atoms with Crippen LogP contribution in [0, 0.1) is 11.3 Å². The van der Waals surface area contributed by atoms with Crippen LogP contribution in [0.3, 0.4) is 0 Å². The minimum absolute atomic E-state index is 0.100. The molecule has 0 spiro atoms. The van der Waals surface area contributed by atoms with E-state index in [-0.39, 0.29) is 12.2 Å². The average Bonchev–Trinajstić information content (AvgIpc) is 2.27. The first kappa shape index (κ1) is 13.8. The highest BCUT2D eigenvalue weighted by Crippen LogP contribution is 2.28. The van der Waals surface area contributed by atoms with Gasteiger partial charge in [-0.2, -0.15) is 5.26 Å². The minimum Gasteiger partial charge on any atom is -0.375 e. The zero-order chi connectivity index (χ0) is 12.7. The molecular formula is C11H19N5O. The molecular weight excluding hydrogens is 218 g/mol. The molecule has 17 heavy (non-hydrogen) atoms. The summed E-state index contributed by atoms with van der Waals surface area (Å²) in [6.07, 6.45) is 2.35. The lowest BCUT2D eigenvalue weighted by Gasteiger charge is -2.38. The van der Waals surface area contributed by atoms with Crippen molar-refractivity contribution in [3.05, 3.63) is 10.4 Å². The fourth-order valence-electron chi connectivity index (χ4n) is 2.35. The predicted octanol–water partition coefficient (Wildman–Crippen LogP) is 2.13. The van der Waals surface area contributed by atoms with Crippen LogP contribution in [0.5, 0.6) is 0 Å². The average molecular weight is 237 g/mol. The zero-order valence-electron chi connectivity index (χ0n) is 10.4. The van der Waals surface area contributed by atoms with Crippen LogP contribution < -0.4 is 5.32 Å². The molecule has 0 bridgehead atoms. The molecule has 6 nitrogen and oxygen atoms in total. The van der Waals surface area contributed by atoms with Crippen LogP contribution in [-0.2, 0) is 4.74 Å². The minimum atomic E-state index is -0.493. The van der Waals surface area contributed by atoms with Gasteiger partial charge in [-0.1, -0.05) is 5.11 Å². The van der Waals surface area contributed by atoms with Crippen molar-refractivity contribution in [1.29, 1.82) is 5.26 Å². The number of hydrogen-bond donors (Lipinski definition) is 1. The van der Waals surface area contributed by atoms with Gasteiger partial charge in [0.2, 0.25) is 0 Å². The molecule has 2 atom stereocenters. The predicted molar refractivity (Wildman–Crippen MR) is 64.2 cm³/mol. The lowest BCUT2D eigenvalue weighted by Crippen LogP contribution is -2.52. The first-order valence-electron chi connectivity index (χ1n) is 5.94. The molecule has 1 heterocycles. The SMILES string of the molecule is CC1CC(C#N)(NCCCN=[N+]=[N-])CC(C)O1. The Labute approximate surface area is 102 Å². The Morgan fingerprint density at radius 3 is 2.71 bits per heavy atom. The molecule has 1 aliphatic rings. The Morgan fingerprint density at radius 1 is 1.53 bits per heavy atom. The number of nitrogens with one attached hydrogen (secondary N) is 1. The summed E-state index contributed by atoms with van der Waals surface area (Å²) in [7, 11) is 0. The van der Waals surface area contributed by atoms with Crippen molar-refractivity contribution < 1.29 is 4.74 Å². The van der Waals surface area contributed by atoms with Crippen LogP contribution >= 0.6 is 0 Å². The van der Waals surface area contributed by atoms with E-state index in [0.717, 1.165) is 6.42 Å². The standard InChI is InChI=1S/C11H19N5O/c1-9-6-11(8-12,7-10(2)17-9)14-4-3-5-15-16-13/h9-10,14H,3-7H2,1-2H3. The second kappa shape index (κ2) is 6.45. The summed E-state index contributed by atoms with van der Waals surface area (Å²) < 4.78 is 5.63. The fraction of sp³-hybridized carbons (Fsp3) is 0.909. The van der Waals surface area contributed by atoms with Crippen molar-refractivity contribution in [3.63, 3.8) is 0 Å². The van der Waals surface area contributed by atoms with Crippen LogP contribution in [0.15, 0.2) is 5.11 Å². The summed E-state index contributed by atoms with van der Waals surface area (Å²) in [6.45, 7) is 5.13.